The highest BCUT2D eigenvalue weighted by atomic mass is 19.1. The Morgan fingerprint density at radius 2 is 2.04 bits per heavy atom. The number of oxime groups is 1. The number of halogens is 1. The molecular formula is C19H15FN4O. The highest BCUT2D eigenvalue weighted by molar-refractivity contribution is 5.99. The molecule has 0 N–H and O–H groups in total. The Hall–Kier alpha value is -3.46. The molecule has 0 saturated heterocycles. The smallest absolute Gasteiger partial charge is 0.123 e. The Morgan fingerprint density at radius 1 is 1.20 bits per heavy atom. The van der Waals surface area contributed by atoms with Crippen molar-refractivity contribution >= 4 is 5.71 Å². The average Bonchev–Trinajstić information content (AvgIpc) is 3.15. The summed E-state index contributed by atoms with van der Waals surface area (Å²) in [7, 11) is 1.50. The second-order valence-corrected chi connectivity index (χ2v) is 5.14. The maximum atomic E-state index is 12.9. The second-order valence-electron chi connectivity index (χ2n) is 5.14. The third-order valence-electron chi connectivity index (χ3n) is 3.37. The molecule has 3 rings (SSSR count). The Bertz CT molecular complexity index is 905. The number of nitrogens with zero attached hydrogens (tertiary/aromatic N) is 4. The first-order valence-electron chi connectivity index (χ1n) is 7.54. The predicted octanol–water partition coefficient (Wildman–Crippen LogP) is 2.87. The number of aromatic nitrogens is 3. The molecule has 0 fully saturated rings. The summed E-state index contributed by atoms with van der Waals surface area (Å²) in [5.74, 6) is 5.62. The molecular weight excluding hydrogens is 319 g/mol. The van der Waals surface area contributed by atoms with Gasteiger partial charge in [0.1, 0.15) is 24.3 Å². The van der Waals surface area contributed by atoms with Crippen molar-refractivity contribution < 1.29 is 9.23 Å². The zero-order chi connectivity index (χ0) is 17.5. The summed E-state index contributed by atoms with van der Waals surface area (Å²) in [6, 6.07) is 9.71. The van der Waals surface area contributed by atoms with Crippen molar-refractivity contribution in [2.24, 2.45) is 5.16 Å². The molecule has 0 bridgehead atoms. The predicted molar refractivity (Wildman–Crippen MR) is 92.4 cm³/mol. The standard InChI is InChI=1S/C19H15FN4O/c1-25-23-19(13-24-11-10-21-14-24)16-5-9-18(22-12-16)8-4-15-2-6-17(20)7-3-15/h2-3,5-7,9-12,14H,13H2,1H3. The first kappa shape index (κ1) is 16.4. The van der Waals surface area contributed by atoms with E-state index in [9.17, 15) is 4.39 Å². The van der Waals surface area contributed by atoms with E-state index in [2.05, 4.69) is 27.0 Å². The van der Waals surface area contributed by atoms with Crippen LogP contribution in [0.4, 0.5) is 4.39 Å². The molecule has 1 aromatic carbocycles. The van der Waals surface area contributed by atoms with Gasteiger partial charge in [0, 0.05) is 29.7 Å². The summed E-state index contributed by atoms with van der Waals surface area (Å²) in [4.78, 5) is 13.3. The van der Waals surface area contributed by atoms with Gasteiger partial charge in [-0.3, -0.25) is 0 Å². The Balaban J connectivity index is 1.76. The van der Waals surface area contributed by atoms with Gasteiger partial charge in [-0.2, -0.15) is 0 Å². The number of hydrogen-bond donors (Lipinski definition) is 0. The van der Waals surface area contributed by atoms with E-state index < -0.39 is 0 Å². The van der Waals surface area contributed by atoms with Crippen LogP contribution >= 0.6 is 0 Å². The van der Waals surface area contributed by atoms with Gasteiger partial charge >= 0.3 is 0 Å². The average molecular weight is 334 g/mol. The first-order valence-corrected chi connectivity index (χ1v) is 7.54. The number of imidazole rings is 1. The highest BCUT2D eigenvalue weighted by Crippen LogP contribution is 2.06. The van der Waals surface area contributed by atoms with Crippen LogP contribution in [0.1, 0.15) is 16.8 Å². The van der Waals surface area contributed by atoms with Gasteiger partial charge in [-0.25, -0.2) is 14.4 Å². The van der Waals surface area contributed by atoms with Gasteiger partial charge in [0.25, 0.3) is 0 Å². The third-order valence-corrected chi connectivity index (χ3v) is 3.37. The van der Waals surface area contributed by atoms with Crippen molar-refractivity contribution in [2.45, 2.75) is 6.54 Å². The van der Waals surface area contributed by atoms with Gasteiger partial charge in [0.15, 0.2) is 0 Å². The fourth-order valence-electron chi connectivity index (χ4n) is 2.14. The molecule has 0 amide bonds. The van der Waals surface area contributed by atoms with Crippen LogP contribution in [0.5, 0.6) is 0 Å². The van der Waals surface area contributed by atoms with E-state index in [1.54, 1.807) is 30.9 Å². The van der Waals surface area contributed by atoms with Crippen LogP contribution in [0, 0.1) is 17.7 Å². The first-order chi connectivity index (χ1) is 12.2. The summed E-state index contributed by atoms with van der Waals surface area (Å²) in [6.07, 6.45) is 6.96. The van der Waals surface area contributed by atoms with E-state index in [0.29, 0.717) is 12.2 Å². The Kier molecular flexibility index (Phi) is 5.17. The number of rotatable bonds is 4. The third kappa shape index (κ3) is 4.52. The van der Waals surface area contributed by atoms with E-state index in [-0.39, 0.29) is 5.82 Å². The Morgan fingerprint density at radius 3 is 2.68 bits per heavy atom. The lowest BCUT2D eigenvalue weighted by Crippen LogP contribution is -2.11. The number of pyridine rings is 1. The molecule has 0 aliphatic heterocycles. The summed E-state index contributed by atoms with van der Waals surface area (Å²) in [5, 5.41) is 4.06. The topological polar surface area (TPSA) is 52.3 Å². The van der Waals surface area contributed by atoms with Crippen molar-refractivity contribution in [1.29, 1.82) is 0 Å². The monoisotopic (exact) mass is 334 g/mol. The summed E-state index contributed by atoms with van der Waals surface area (Å²) in [5.41, 5.74) is 2.91. The highest BCUT2D eigenvalue weighted by Gasteiger charge is 2.06. The lowest BCUT2D eigenvalue weighted by Gasteiger charge is -2.06. The van der Waals surface area contributed by atoms with Gasteiger partial charge in [0.05, 0.1) is 12.9 Å². The molecule has 0 unspecified atom stereocenters. The molecule has 0 atom stereocenters. The van der Waals surface area contributed by atoms with Crippen LogP contribution < -0.4 is 0 Å². The molecule has 0 radical (unpaired) electrons. The molecule has 5 nitrogen and oxygen atoms in total. The summed E-state index contributed by atoms with van der Waals surface area (Å²) >= 11 is 0. The van der Waals surface area contributed by atoms with Crippen molar-refractivity contribution in [1.82, 2.24) is 14.5 Å². The quantitative estimate of drug-likeness (QED) is 0.419. The largest absolute Gasteiger partial charge is 0.399 e. The fraction of sp³-hybridized carbons (Fsp3) is 0.105. The van der Waals surface area contributed by atoms with E-state index in [4.69, 9.17) is 4.84 Å². The molecule has 0 saturated carbocycles. The minimum Gasteiger partial charge on any atom is -0.399 e. The number of hydrogen-bond acceptors (Lipinski definition) is 4. The molecule has 124 valence electrons. The second kappa shape index (κ2) is 7.88. The van der Waals surface area contributed by atoms with Crippen LogP contribution in [0.25, 0.3) is 0 Å². The van der Waals surface area contributed by atoms with Crippen molar-refractivity contribution in [3.05, 3.63) is 84.0 Å². The Labute approximate surface area is 144 Å². The maximum Gasteiger partial charge on any atom is 0.123 e. The lowest BCUT2D eigenvalue weighted by atomic mass is 10.1. The van der Waals surface area contributed by atoms with Crippen LogP contribution in [-0.4, -0.2) is 27.4 Å². The lowest BCUT2D eigenvalue weighted by molar-refractivity contribution is 0.212. The van der Waals surface area contributed by atoms with E-state index >= 15 is 0 Å². The van der Waals surface area contributed by atoms with Gasteiger partial charge in [-0.05, 0) is 42.3 Å². The van der Waals surface area contributed by atoms with Crippen LogP contribution in [0.3, 0.4) is 0 Å². The molecule has 3 aromatic rings. The maximum absolute atomic E-state index is 12.9. The van der Waals surface area contributed by atoms with Gasteiger partial charge in [0.2, 0.25) is 0 Å². The molecule has 2 heterocycles. The van der Waals surface area contributed by atoms with Crippen LogP contribution in [0.2, 0.25) is 0 Å². The molecule has 6 heteroatoms. The van der Waals surface area contributed by atoms with Gasteiger partial charge in [-0.1, -0.05) is 11.1 Å². The van der Waals surface area contributed by atoms with Gasteiger partial charge < -0.3 is 9.40 Å². The molecule has 0 spiro atoms. The molecule has 0 aliphatic carbocycles. The van der Waals surface area contributed by atoms with Crippen molar-refractivity contribution in [3.63, 3.8) is 0 Å². The van der Waals surface area contributed by atoms with Gasteiger partial charge in [-0.15, -0.1) is 0 Å². The molecule has 2 aromatic heterocycles. The van der Waals surface area contributed by atoms with Crippen LogP contribution in [0.15, 0.2) is 66.5 Å². The van der Waals surface area contributed by atoms with Crippen molar-refractivity contribution in [2.75, 3.05) is 7.11 Å². The summed E-state index contributed by atoms with van der Waals surface area (Å²) < 4.78 is 14.8. The zero-order valence-electron chi connectivity index (χ0n) is 13.6. The summed E-state index contributed by atoms with van der Waals surface area (Å²) in [6.45, 7) is 0.524. The normalized spacial score (nSPS) is 10.9. The van der Waals surface area contributed by atoms with E-state index in [1.807, 2.05) is 22.9 Å². The minimum absolute atomic E-state index is 0.282. The van der Waals surface area contributed by atoms with Crippen molar-refractivity contribution in [3.8, 4) is 11.8 Å². The zero-order valence-corrected chi connectivity index (χ0v) is 13.6. The van der Waals surface area contributed by atoms with E-state index in [1.165, 1.54) is 19.2 Å². The molecule has 25 heavy (non-hydrogen) atoms. The molecule has 0 aliphatic rings. The van der Waals surface area contributed by atoms with Crippen LogP contribution in [-0.2, 0) is 11.4 Å². The minimum atomic E-state index is -0.282. The number of benzene rings is 1. The SMILES string of the molecule is CON=C(Cn1ccnc1)c1ccc(C#Cc2ccc(F)cc2)nc1. The van der Waals surface area contributed by atoms with E-state index in [0.717, 1.165) is 16.8 Å². The fourth-order valence-corrected chi connectivity index (χ4v) is 2.14.